The zero-order valence-electron chi connectivity index (χ0n) is 24.1. The zero-order valence-corrected chi connectivity index (χ0v) is 24.1. The molecule has 1 atom stereocenters. The van der Waals surface area contributed by atoms with E-state index >= 15 is 0 Å². The van der Waals surface area contributed by atoms with Gasteiger partial charge in [-0.15, -0.1) is 0 Å². The van der Waals surface area contributed by atoms with Gasteiger partial charge in [0.15, 0.2) is 11.6 Å². The molecule has 0 bridgehead atoms. The highest BCUT2D eigenvalue weighted by Gasteiger charge is 2.31. The van der Waals surface area contributed by atoms with Gasteiger partial charge in [-0.2, -0.15) is 10.5 Å². The summed E-state index contributed by atoms with van der Waals surface area (Å²) in [4.78, 5) is 19.7. The van der Waals surface area contributed by atoms with E-state index in [1.165, 1.54) is 0 Å². The van der Waals surface area contributed by atoms with Crippen LogP contribution >= 0.6 is 0 Å². The number of benzene rings is 3. The molecule has 2 aliphatic heterocycles. The van der Waals surface area contributed by atoms with E-state index in [4.69, 9.17) is 0 Å². The predicted molar refractivity (Wildman–Crippen MR) is 160 cm³/mol. The van der Waals surface area contributed by atoms with E-state index in [2.05, 4.69) is 16.3 Å². The zero-order chi connectivity index (χ0) is 30.0. The molecule has 9 heteroatoms. The molecule has 3 aromatic rings. The number of nitrogens with one attached hydrogen (secondary N) is 1. The normalized spacial score (nSPS) is 17.5. The van der Waals surface area contributed by atoms with E-state index in [0.717, 1.165) is 60.6 Å². The number of nitriles is 2. The second kappa shape index (κ2) is 12.1. The van der Waals surface area contributed by atoms with Gasteiger partial charge < -0.3 is 20.0 Å². The quantitative estimate of drug-likeness (QED) is 0.422. The average molecular weight is 569 g/mol. The molecule has 1 N–H and O–H groups in total. The van der Waals surface area contributed by atoms with Crippen LogP contribution in [0, 0.1) is 48.1 Å². The molecular formula is C33H34F2N6O. The van der Waals surface area contributed by atoms with Crippen LogP contribution in [0.15, 0.2) is 48.5 Å². The molecule has 0 saturated carbocycles. The van der Waals surface area contributed by atoms with Gasteiger partial charge in [0.1, 0.15) is 12.1 Å². The summed E-state index contributed by atoms with van der Waals surface area (Å²) in [6, 6.07) is 17.9. The van der Waals surface area contributed by atoms with Gasteiger partial charge in [0, 0.05) is 62.1 Å². The van der Waals surface area contributed by atoms with Gasteiger partial charge in [0.2, 0.25) is 0 Å². The number of piperazine rings is 1. The molecule has 0 radical (unpaired) electrons. The van der Waals surface area contributed by atoms with Gasteiger partial charge in [0.05, 0.1) is 22.5 Å². The number of hydrogen-bond acceptors (Lipinski definition) is 6. The Morgan fingerprint density at radius 2 is 1.55 bits per heavy atom. The average Bonchev–Trinajstić information content (AvgIpc) is 2.99. The van der Waals surface area contributed by atoms with Crippen LogP contribution in [0.5, 0.6) is 0 Å². The molecule has 216 valence electrons. The Morgan fingerprint density at radius 1 is 0.857 bits per heavy atom. The van der Waals surface area contributed by atoms with Crippen molar-refractivity contribution >= 4 is 23.0 Å². The molecule has 0 unspecified atom stereocenters. The lowest BCUT2D eigenvalue weighted by Gasteiger charge is -2.41. The van der Waals surface area contributed by atoms with Gasteiger partial charge >= 0.3 is 0 Å². The number of hydrogen-bond donors (Lipinski definition) is 1. The number of amides is 1. The summed E-state index contributed by atoms with van der Waals surface area (Å²) in [6.07, 6.45) is 1.81. The fraction of sp³-hybridized carbons (Fsp3) is 0.364. The number of rotatable bonds is 5. The Hall–Kier alpha value is -4.63. The lowest BCUT2D eigenvalue weighted by Crippen LogP contribution is -2.54. The van der Waals surface area contributed by atoms with Crippen molar-refractivity contribution in [3.8, 4) is 12.1 Å². The summed E-state index contributed by atoms with van der Waals surface area (Å²) in [5.41, 5.74) is 5.62. The summed E-state index contributed by atoms with van der Waals surface area (Å²) in [7, 11) is 0. The van der Waals surface area contributed by atoms with Crippen molar-refractivity contribution in [3.05, 3.63) is 88.0 Å². The highest BCUT2D eigenvalue weighted by molar-refractivity contribution is 5.97. The molecular weight excluding hydrogens is 534 g/mol. The van der Waals surface area contributed by atoms with Crippen LogP contribution < -0.4 is 15.1 Å². The number of anilines is 3. The molecule has 0 aliphatic carbocycles. The fourth-order valence-corrected chi connectivity index (χ4v) is 6.09. The lowest BCUT2D eigenvalue weighted by molar-refractivity contribution is 0.0673. The number of para-hydroxylation sites is 1. The molecule has 2 aliphatic rings. The summed E-state index contributed by atoms with van der Waals surface area (Å²) >= 11 is 0. The minimum absolute atomic E-state index is 0.0728. The SMILES string of the molecule is Cc1cc(C)c(C(=O)N2CCN(c3cc(F)c(F)cc3C#N)C[C@@H]2C)cc1NC1CCN(c2ccccc2C#N)CC1. The second-order valence-electron chi connectivity index (χ2n) is 11.2. The topological polar surface area (TPSA) is 86.4 Å². The third kappa shape index (κ3) is 5.73. The Labute approximate surface area is 245 Å². The minimum Gasteiger partial charge on any atom is -0.382 e. The Kier molecular flexibility index (Phi) is 8.31. The van der Waals surface area contributed by atoms with Gasteiger partial charge in [-0.05, 0) is 69.0 Å². The van der Waals surface area contributed by atoms with Crippen molar-refractivity contribution in [2.24, 2.45) is 0 Å². The van der Waals surface area contributed by atoms with E-state index in [0.29, 0.717) is 36.4 Å². The second-order valence-corrected chi connectivity index (χ2v) is 11.2. The number of piperidine rings is 1. The summed E-state index contributed by atoms with van der Waals surface area (Å²) in [5.74, 6) is -2.12. The predicted octanol–water partition coefficient (Wildman–Crippen LogP) is 5.76. The summed E-state index contributed by atoms with van der Waals surface area (Å²) in [5, 5.41) is 22.6. The molecule has 2 fully saturated rings. The first-order chi connectivity index (χ1) is 20.2. The van der Waals surface area contributed by atoms with Gasteiger partial charge in [-0.1, -0.05) is 18.2 Å². The minimum atomic E-state index is -1.05. The number of nitrogens with zero attached hydrogens (tertiary/aromatic N) is 5. The molecule has 0 aromatic heterocycles. The maximum Gasteiger partial charge on any atom is 0.254 e. The first kappa shape index (κ1) is 28.9. The van der Waals surface area contributed by atoms with Crippen LogP contribution in [0.2, 0.25) is 0 Å². The Bertz CT molecular complexity index is 1580. The molecule has 2 heterocycles. The summed E-state index contributed by atoms with van der Waals surface area (Å²) in [6.45, 7) is 8.77. The Morgan fingerprint density at radius 3 is 2.24 bits per heavy atom. The molecule has 42 heavy (non-hydrogen) atoms. The van der Waals surface area contributed by atoms with Crippen LogP contribution in [-0.2, 0) is 0 Å². The number of aryl methyl sites for hydroxylation is 2. The standard InChI is InChI=1S/C33H34F2N6O/c1-21-14-22(2)30(38-26-8-10-39(11-9-26)31-7-5-4-6-24(31)18-36)16-27(21)33(42)41-13-12-40(20-23(41)3)32-17-29(35)28(34)15-25(32)19-37/h4-7,14-17,23,26,38H,8-13,20H2,1-3H3/t23-/m0/s1. The first-order valence-corrected chi connectivity index (χ1v) is 14.3. The number of halogens is 2. The molecule has 2 saturated heterocycles. The maximum atomic E-state index is 14.0. The van der Waals surface area contributed by atoms with Crippen LogP contribution in [0.25, 0.3) is 0 Å². The monoisotopic (exact) mass is 568 g/mol. The smallest absolute Gasteiger partial charge is 0.254 e. The lowest BCUT2D eigenvalue weighted by atomic mass is 9.98. The number of carbonyl (C=O) groups excluding carboxylic acids is 1. The first-order valence-electron chi connectivity index (χ1n) is 14.3. The van der Waals surface area contributed by atoms with E-state index in [1.807, 2.05) is 73.0 Å². The maximum absolute atomic E-state index is 14.0. The van der Waals surface area contributed by atoms with Gasteiger partial charge in [-0.25, -0.2) is 8.78 Å². The third-order valence-electron chi connectivity index (χ3n) is 8.41. The van der Waals surface area contributed by atoms with Gasteiger partial charge in [0.25, 0.3) is 5.91 Å². The highest BCUT2D eigenvalue weighted by Crippen LogP contribution is 2.30. The van der Waals surface area contributed by atoms with Crippen molar-refractivity contribution < 1.29 is 13.6 Å². The Balaban J connectivity index is 1.27. The largest absolute Gasteiger partial charge is 0.382 e. The molecule has 3 aromatic carbocycles. The van der Waals surface area contributed by atoms with E-state index < -0.39 is 11.6 Å². The van der Waals surface area contributed by atoms with Crippen molar-refractivity contribution in [2.75, 3.05) is 47.8 Å². The van der Waals surface area contributed by atoms with E-state index in [9.17, 15) is 24.1 Å². The van der Waals surface area contributed by atoms with Crippen LogP contribution in [0.1, 0.15) is 52.4 Å². The van der Waals surface area contributed by atoms with Crippen LogP contribution in [-0.4, -0.2) is 55.6 Å². The van der Waals surface area contributed by atoms with Crippen molar-refractivity contribution in [1.29, 1.82) is 10.5 Å². The van der Waals surface area contributed by atoms with Crippen molar-refractivity contribution in [2.45, 2.75) is 45.7 Å². The number of carbonyl (C=O) groups is 1. The van der Waals surface area contributed by atoms with Crippen LogP contribution in [0.4, 0.5) is 25.8 Å². The van der Waals surface area contributed by atoms with Gasteiger partial charge in [-0.3, -0.25) is 4.79 Å². The van der Waals surface area contributed by atoms with Crippen molar-refractivity contribution in [3.63, 3.8) is 0 Å². The molecule has 7 nitrogen and oxygen atoms in total. The summed E-state index contributed by atoms with van der Waals surface area (Å²) < 4.78 is 27.7. The third-order valence-corrected chi connectivity index (χ3v) is 8.41. The highest BCUT2D eigenvalue weighted by atomic mass is 19.2. The van der Waals surface area contributed by atoms with E-state index in [-0.39, 0.29) is 23.6 Å². The van der Waals surface area contributed by atoms with Crippen LogP contribution in [0.3, 0.4) is 0 Å². The molecule has 1 amide bonds. The van der Waals surface area contributed by atoms with Crippen molar-refractivity contribution in [1.82, 2.24) is 4.90 Å². The molecule has 5 rings (SSSR count). The van der Waals surface area contributed by atoms with E-state index in [1.54, 1.807) is 0 Å². The molecule has 0 spiro atoms. The fourth-order valence-electron chi connectivity index (χ4n) is 6.09.